The van der Waals surface area contributed by atoms with Gasteiger partial charge in [-0.15, -0.1) is 0 Å². The molecule has 0 saturated carbocycles. The summed E-state index contributed by atoms with van der Waals surface area (Å²) in [5.74, 6) is -3.02. The van der Waals surface area contributed by atoms with E-state index in [9.17, 15) is 34.5 Å². The molecule has 0 bridgehead atoms. The van der Waals surface area contributed by atoms with Crippen LogP contribution in [0.4, 0.5) is 0 Å². The first-order chi connectivity index (χ1) is 18.0. The molecule has 2 aliphatic carbocycles. The van der Waals surface area contributed by atoms with Gasteiger partial charge >= 0.3 is 0 Å². The first kappa shape index (κ1) is 27.4. The van der Waals surface area contributed by atoms with Crippen LogP contribution in [0.3, 0.4) is 0 Å². The SMILES string of the molecule is CC1OC(O)CC(N)C1O.COc1cccc2c1C(=O)c1c(O)c3c(c(O)c1C2=O)CC(C(=O)C=O)CC3. The maximum Gasteiger partial charge on any atom is 0.202 e. The Kier molecular flexibility index (Phi) is 7.65. The Balaban J connectivity index is 0.000000283. The molecule has 0 spiro atoms. The number of fused-ring (bicyclic) bond motifs is 3. The molecule has 3 aliphatic rings. The quantitative estimate of drug-likeness (QED) is 0.181. The highest BCUT2D eigenvalue weighted by Gasteiger charge is 2.41. The van der Waals surface area contributed by atoms with Crippen molar-refractivity contribution in [1.29, 1.82) is 0 Å². The van der Waals surface area contributed by atoms with Gasteiger partial charge in [0.05, 0.1) is 36.0 Å². The molecule has 2 aromatic rings. The number of aromatic hydroxyl groups is 2. The van der Waals surface area contributed by atoms with Gasteiger partial charge in [0.25, 0.3) is 0 Å². The van der Waals surface area contributed by atoms with Crippen LogP contribution in [0.1, 0.15) is 62.7 Å². The third kappa shape index (κ3) is 4.58. The predicted molar refractivity (Wildman–Crippen MR) is 131 cm³/mol. The Morgan fingerprint density at radius 2 is 1.74 bits per heavy atom. The minimum Gasteiger partial charge on any atom is -0.507 e. The van der Waals surface area contributed by atoms with Gasteiger partial charge in [0, 0.05) is 35.1 Å². The molecular weight excluding hydrogens is 498 g/mol. The van der Waals surface area contributed by atoms with Crippen LogP contribution >= 0.6 is 0 Å². The smallest absolute Gasteiger partial charge is 0.202 e. The van der Waals surface area contributed by atoms with Crippen molar-refractivity contribution in [3.63, 3.8) is 0 Å². The highest BCUT2D eigenvalue weighted by atomic mass is 16.6. The van der Waals surface area contributed by atoms with E-state index in [2.05, 4.69) is 0 Å². The molecule has 1 aliphatic heterocycles. The van der Waals surface area contributed by atoms with Gasteiger partial charge in [-0.2, -0.15) is 0 Å². The molecule has 5 rings (SSSR count). The monoisotopic (exact) mass is 527 g/mol. The topological polar surface area (TPSA) is 194 Å². The number of rotatable bonds is 3. The number of aldehydes is 1. The predicted octanol–water partition coefficient (Wildman–Crippen LogP) is 0.556. The van der Waals surface area contributed by atoms with E-state index in [1.54, 1.807) is 19.1 Å². The van der Waals surface area contributed by atoms with Gasteiger partial charge in [-0.1, -0.05) is 12.1 Å². The second-order valence-corrected chi connectivity index (χ2v) is 9.59. The number of hydrogen-bond donors (Lipinski definition) is 5. The van der Waals surface area contributed by atoms with Crippen molar-refractivity contribution in [2.24, 2.45) is 11.7 Å². The van der Waals surface area contributed by atoms with E-state index < -0.39 is 41.4 Å². The lowest BCUT2D eigenvalue weighted by Gasteiger charge is -2.33. The largest absolute Gasteiger partial charge is 0.507 e. The van der Waals surface area contributed by atoms with Crippen LogP contribution in [-0.2, 0) is 27.2 Å². The summed E-state index contributed by atoms with van der Waals surface area (Å²) >= 11 is 0. The second-order valence-electron chi connectivity index (χ2n) is 9.59. The van der Waals surface area contributed by atoms with Crippen molar-refractivity contribution < 1.29 is 49.1 Å². The fraction of sp³-hybridized carbons (Fsp3) is 0.407. The summed E-state index contributed by atoms with van der Waals surface area (Å²) < 4.78 is 10.1. The van der Waals surface area contributed by atoms with E-state index in [0.717, 1.165) is 0 Å². The van der Waals surface area contributed by atoms with Gasteiger partial charge < -0.3 is 35.6 Å². The summed E-state index contributed by atoms with van der Waals surface area (Å²) in [6, 6.07) is 4.19. The van der Waals surface area contributed by atoms with Crippen LogP contribution in [0.25, 0.3) is 0 Å². The number of phenolic OH excluding ortho intramolecular Hbond substituents is 2. The molecule has 202 valence electrons. The van der Waals surface area contributed by atoms with Crippen LogP contribution in [0.15, 0.2) is 18.2 Å². The van der Waals surface area contributed by atoms with Crippen LogP contribution < -0.4 is 10.5 Å². The van der Waals surface area contributed by atoms with E-state index in [1.807, 2.05) is 0 Å². The zero-order valence-electron chi connectivity index (χ0n) is 20.8. The number of phenols is 2. The van der Waals surface area contributed by atoms with Crippen molar-refractivity contribution in [2.75, 3.05) is 7.11 Å². The number of nitrogens with two attached hydrogens (primary N) is 1. The highest BCUT2D eigenvalue weighted by Crippen LogP contribution is 2.47. The lowest BCUT2D eigenvalue weighted by Crippen LogP contribution is -2.51. The summed E-state index contributed by atoms with van der Waals surface area (Å²) in [5.41, 5.74) is 5.61. The van der Waals surface area contributed by atoms with Crippen LogP contribution in [-0.4, -0.2) is 75.7 Å². The van der Waals surface area contributed by atoms with Crippen molar-refractivity contribution in [3.8, 4) is 17.2 Å². The molecule has 1 saturated heterocycles. The summed E-state index contributed by atoms with van der Waals surface area (Å²) in [4.78, 5) is 48.7. The Labute approximate surface area is 217 Å². The highest BCUT2D eigenvalue weighted by molar-refractivity contribution is 6.31. The number of aliphatic hydroxyl groups is 2. The van der Waals surface area contributed by atoms with Crippen LogP contribution in [0.5, 0.6) is 17.2 Å². The van der Waals surface area contributed by atoms with E-state index in [0.29, 0.717) is 18.4 Å². The Hall–Kier alpha value is -3.64. The maximum atomic E-state index is 13.1. The van der Waals surface area contributed by atoms with E-state index in [4.69, 9.17) is 20.3 Å². The van der Waals surface area contributed by atoms with Crippen molar-refractivity contribution in [3.05, 3.63) is 51.6 Å². The number of ether oxygens (including phenoxy) is 2. The zero-order valence-corrected chi connectivity index (χ0v) is 20.8. The van der Waals surface area contributed by atoms with Crippen LogP contribution in [0.2, 0.25) is 0 Å². The summed E-state index contributed by atoms with van der Waals surface area (Å²) in [7, 11) is 1.37. The summed E-state index contributed by atoms with van der Waals surface area (Å²) in [6.45, 7) is 1.69. The number of ketones is 3. The molecule has 1 heterocycles. The molecule has 0 aromatic heterocycles. The maximum absolute atomic E-state index is 13.1. The average Bonchev–Trinajstić information content (AvgIpc) is 2.91. The third-order valence-corrected chi connectivity index (χ3v) is 7.31. The molecule has 1 fully saturated rings. The molecule has 11 heteroatoms. The number of aliphatic hydroxyl groups excluding tert-OH is 2. The van der Waals surface area contributed by atoms with Crippen molar-refractivity contribution in [1.82, 2.24) is 0 Å². The summed E-state index contributed by atoms with van der Waals surface area (Å²) in [6.07, 6.45) is -0.750. The summed E-state index contributed by atoms with van der Waals surface area (Å²) in [5, 5.41) is 39.7. The molecule has 5 unspecified atom stereocenters. The van der Waals surface area contributed by atoms with Gasteiger partial charge in [-0.25, -0.2) is 0 Å². The minimum absolute atomic E-state index is 0.0199. The molecular formula is C27H29NO10. The van der Waals surface area contributed by atoms with Gasteiger partial charge in [0.1, 0.15) is 17.2 Å². The third-order valence-electron chi connectivity index (χ3n) is 7.31. The van der Waals surface area contributed by atoms with Gasteiger partial charge in [0.2, 0.25) is 5.78 Å². The standard InChI is InChI=1S/C21H16O7.C6H13NO3/c1-28-14-4-2-3-11-15(14)21(27)17-16(19(11)25)20(26)12-7-9(13(23)8-22)5-6-10(12)18(17)24;1-3-6(9)4(7)2-5(8)10-3/h2-4,8-9,24,26H,5-7H2,1H3;3-6,8-9H,2,7H2,1H3. The number of hydrogen-bond acceptors (Lipinski definition) is 11. The van der Waals surface area contributed by atoms with Gasteiger partial charge in [-0.05, 0) is 32.3 Å². The number of carbonyl (C=O) groups is 4. The molecule has 2 aromatic carbocycles. The lowest BCUT2D eigenvalue weighted by atomic mass is 9.75. The van der Waals surface area contributed by atoms with Gasteiger partial charge in [0.15, 0.2) is 24.1 Å². The fourth-order valence-corrected chi connectivity index (χ4v) is 5.25. The lowest BCUT2D eigenvalue weighted by molar-refractivity contribution is -0.198. The minimum atomic E-state index is -0.812. The normalized spacial score (nSPS) is 25.8. The van der Waals surface area contributed by atoms with E-state index >= 15 is 0 Å². The molecule has 0 amide bonds. The van der Waals surface area contributed by atoms with Gasteiger partial charge in [-0.3, -0.25) is 19.2 Å². The Morgan fingerprint density at radius 3 is 2.37 bits per heavy atom. The number of methoxy groups -OCH3 is 1. The fourth-order valence-electron chi connectivity index (χ4n) is 5.25. The van der Waals surface area contributed by atoms with E-state index in [1.165, 1.54) is 13.2 Å². The number of carbonyl (C=O) groups excluding carboxylic acids is 4. The zero-order chi connectivity index (χ0) is 27.9. The average molecular weight is 528 g/mol. The molecule has 38 heavy (non-hydrogen) atoms. The van der Waals surface area contributed by atoms with Crippen LogP contribution in [0, 0.1) is 5.92 Å². The van der Waals surface area contributed by atoms with Crippen molar-refractivity contribution >= 4 is 23.6 Å². The molecule has 6 N–H and O–H groups in total. The van der Waals surface area contributed by atoms with E-state index in [-0.39, 0.29) is 70.6 Å². The number of benzene rings is 2. The first-order valence-electron chi connectivity index (χ1n) is 12.1. The first-order valence-corrected chi connectivity index (χ1v) is 12.1. The second kappa shape index (κ2) is 10.6. The number of Topliss-reactive ketones (excluding diaryl/α,β-unsaturated/α-hetero) is 1. The molecule has 0 radical (unpaired) electrons. The Morgan fingerprint density at radius 1 is 1.08 bits per heavy atom. The molecule has 11 nitrogen and oxygen atoms in total. The van der Waals surface area contributed by atoms with Crippen molar-refractivity contribution in [2.45, 2.75) is 57.1 Å². The molecule has 5 atom stereocenters. The Bertz CT molecular complexity index is 1310.